The van der Waals surface area contributed by atoms with E-state index in [2.05, 4.69) is 13.0 Å². The number of aryl methyl sites for hydroxylation is 1. The van der Waals surface area contributed by atoms with Crippen LogP contribution in [0.2, 0.25) is 0 Å². The van der Waals surface area contributed by atoms with Gasteiger partial charge in [-0.1, -0.05) is 17.4 Å². The molecule has 0 saturated heterocycles. The van der Waals surface area contributed by atoms with E-state index in [1.54, 1.807) is 37.3 Å². The quantitative estimate of drug-likeness (QED) is 0.555. The molecule has 0 fully saturated rings. The Morgan fingerprint density at radius 3 is 2.41 bits per heavy atom. The minimum absolute atomic E-state index is 0. The van der Waals surface area contributed by atoms with Crippen LogP contribution in [0, 0.1) is 6.92 Å². The number of amides is 1. The summed E-state index contributed by atoms with van der Waals surface area (Å²) in [6, 6.07) is 11.3. The Labute approximate surface area is 181 Å². The number of likely N-dealkylation sites (N-methyl/N-ethyl adjacent to an activating group) is 1. The minimum atomic E-state index is -0.112. The fourth-order valence-corrected chi connectivity index (χ4v) is 3.93. The molecule has 0 N–H and O–H groups in total. The van der Waals surface area contributed by atoms with Gasteiger partial charge in [-0.3, -0.25) is 9.69 Å². The number of carbonyl (C=O) groups excluding carboxylic acids is 1. The standard InChI is InChI=1S/C21H25N3O3S.ClH/c1-14-6-8-16-19(12-14)28-21(22-16)24(11-10-23(2)3)20(25)15-7-9-17(26-4)18(13-15)27-5;/h6-9,12-13H,10-11H2,1-5H3;1H. The number of nitrogens with zero attached hydrogens (tertiary/aromatic N) is 3. The fourth-order valence-electron chi connectivity index (χ4n) is 2.84. The van der Waals surface area contributed by atoms with Gasteiger partial charge in [-0.15, -0.1) is 12.4 Å². The van der Waals surface area contributed by atoms with E-state index in [1.807, 2.05) is 31.1 Å². The lowest BCUT2D eigenvalue weighted by molar-refractivity contribution is 0.0985. The lowest BCUT2D eigenvalue weighted by Crippen LogP contribution is -2.36. The van der Waals surface area contributed by atoms with Gasteiger partial charge in [0.05, 0.1) is 24.4 Å². The van der Waals surface area contributed by atoms with Crippen LogP contribution in [0.25, 0.3) is 10.2 Å². The summed E-state index contributed by atoms with van der Waals surface area (Å²) in [4.78, 5) is 21.8. The van der Waals surface area contributed by atoms with Crippen LogP contribution in [0.3, 0.4) is 0 Å². The van der Waals surface area contributed by atoms with Gasteiger partial charge in [0.2, 0.25) is 0 Å². The zero-order valence-corrected chi connectivity index (χ0v) is 18.9. The van der Waals surface area contributed by atoms with Crippen LogP contribution in [0.4, 0.5) is 5.13 Å². The number of benzene rings is 2. The number of aromatic nitrogens is 1. The number of anilines is 1. The summed E-state index contributed by atoms with van der Waals surface area (Å²) < 4.78 is 11.7. The number of ether oxygens (including phenoxy) is 2. The molecule has 1 heterocycles. The van der Waals surface area contributed by atoms with Crippen LogP contribution < -0.4 is 14.4 Å². The Hall–Kier alpha value is -2.35. The van der Waals surface area contributed by atoms with E-state index in [9.17, 15) is 4.79 Å². The van der Waals surface area contributed by atoms with Gasteiger partial charge in [0.1, 0.15) is 0 Å². The highest BCUT2D eigenvalue weighted by Gasteiger charge is 2.22. The highest BCUT2D eigenvalue weighted by Crippen LogP contribution is 2.32. The molecule has 0 bridgehead atoms. The van der Waals surface area contributed by atoms with Crippen molar-refractivity contribution in [3.8, 4) is 11.5 Å². The van der Waals surface area contributed by atoms with Gasteiger partial charge in [0.25, 0.3) is 5.91 Å². The zero-order valence-electron chi connectivity index (χ0n) is 17.3. The summed E-state index contributed by atoms with van der Waals surface area (Å²) in [6.07, 6.45) is 0. The molecule has 2 aromatic carbocycles. The van der Waals surface area contributed by atoms with Crippen LogP contribution >= 0.6 is 23.7 Å². The molecular weight excluding hydrogens is 410 g/mol. The van der Waals surface area contributed by atoms with Crippen molar-refractivity contribution in [3.05, 3.63) is 47.5 Å². The molecule has 6 nitrogen and oxygen atoms in total. The van der Waals surface area contributed by atoms with Crippen molar-refractivity contribution in [1.29, 1.82) is 0 Å². The molecule has 3 rings (SSSR count). The zero-order chi connectivity index (χ0) is 20.3. The van der Waals surface area contributed by atoms with E-state index in [0.717, 1.165) is 16.8 Å². The molecule has 156 valence electrons. The van der Waals surface area contributed by atoms with Gasteiger partial charge in [-0.05, 0) is 56.9 Å². The Kier molecular flexibility index (Phi) is 7.84. The summed E-state index contributed by atoms with van der Waals surface area (Å²) >= 11 is 1.53. The van der Waals surface area contributed by atoms with E-state index in [4.69, 9.17) is 14.5 Å². The van der Waals surface area contributed by atoms with Crippen molar-refractivity contribution in [2.75, 3.05) is 46.3 Å². The molecule has 0 aliphatic carbocycles. The van der Waals surface area contributed by atoms with Gasteiger partial charge in [0.15, 0.2) is 16.6 Å². The minimum Gasteiger partial charge on any atom is -0.493 e. The van der Waals surface area contributed by atoms with Crippen molar-refractivity contribution in [3.63, 3.8) is 0 Å². The third-order valence-electron chi connectivity index (χ3n) is 4.41. The van der Waals surface area contributed by atoms with E-state index < -0.39 is 0 Å². The second-order valence-electron chi connectivity index (χ2n) is 6.80. The highest BCUT2D eigenvalue weighted by atomic mass is 35.5. The predicted octanol–water partition coefficient (Wildman–Crippen LogP) is 4.25. The third-order valence-corrected chi connectivity index (χ3v) is 5.45. The maximum Gasteiger partial charge on any atom is 0.260 e. The second kappa shape index (κ2) is 9.91. The molecule has 0 unspecified atom stereocenters. The smallest absolute Gasteiger partial charge is 0.260 e. The van der Waals surface area contributed by atoms with Gasteiger partial charge >= 0.3 is 0 Å². The van der Waals surface area contributed by atoms with Crippen molar-refractivity contribution >= 4 is 45.0 Å². The molecule has 29 heavy (non-hydrogen) atoms. The highest BCUT2D eigenvalue weighted by molar-refractivity contribution is 7.22. The average Bonchev–Trinajstić information content (AvgIpc) is 3.09. The number of hydrogen-bond donors (Lipinski definition) is 0. The maximum atomic E-state index is 13.3. The molecule has 0 aliphatic rings. The van der Waals surface area contributed by atoms with Crippen molar-refractivity contribution in [2.45, 2.75) is 6.92 Å². The van der Waals surface area contributed by atoms with Crippen molar-refractivity contribution in [2.24, 2.45) is 0 Å². The number of fused-ring (bicyclic) bond motifs is 1. The van der Waals surface area contributed by atoms with Gasteiger partial charge in [-0.25, -0.2) is 4.98 Å². The van der Waals surface area contributed by atoms with E-state index >= 15 is 0 Å². The Bertz CT molecular complexity index is 990. The van der Waals surface area contributed by atoms with Crippen LogP contribution in [0.15, 0.2) is 36.4 Å². The Balaban J connectivity index is 0.00000300. The summed E-state index contributed by atoms with van der Waals surface area (Å²) in [5.74, 6) is 1.01. The number of carbonyl (C=O) groups is 1. The molecule has 0 radical (unpaired) electrons. The SMILES string of the molecule is COc1ccc(C(=O)N(CCN(C)C)c2nc3ccc(C)cc3s2)cc1OC.Cl. The first-order valence-corrected chi connectivity index (χ1v) is 9.80. The molecule has 0 aliphatic heterocycles. The molecule has 1 amide bonds. The van der Waals surface area contributed by atoms with Gasteiger partial charge in [-0.2, -0.15) is 0 Å². The molecule has 8 heteroatoms. The number of thiazole rings is 1. The topological polar surface area (TPSA) is 54.9 Å². The molecule has 0 atom stereocenters. The second-order valence-corrected chi connectivity index (χ2v) is 7.81. The predicted molar refractivity (Wildman–Crippen MR) is 121 cm³/mol. The lowest BCUT2D eigenvalue weighted by atomic mass is 10.1. The first kappa shape index (κ1) is 22.9. The van der Waals surface area contributed by atoms with Crippen LogP contribution in [-0.4, -0.2) is 57.2 Å². The lowest BCUT2D eigenvalue weighted by Gasteiger charge is -2.22. The number of halogens is 1. The summed E-state index contributed by atoms with van der Waals surface area (Å²) in [7, 11) is 7.11. The Morgan fingerprint density at radius 2 is 1.76 bits per heavy atom. The average molecular weight is 436 g/mol. The van der Waals surface area contributed by atoms with E-state index in [0.29, 0.717) is 28.7 Å². The van der Waals surface area contributed by atoms with Crippen molar-refractivity contribution < 1.29 is 14.3 Å². The normalized spacial score (nSPS) is 10.7. The largest absolute Gasteiger partial charge is 0.493 e. The van der Waals surface area contributed by atoms with Gasteiger partial charge in [0, 0.05) is 18.7 Å². The monoisotopic (exact) mass is 435 g/mol. The third kappa shape index (κ3) is 5.18. The molecule has 0 spiro atoms. The summed E-state index contributed by atoms with van der Waals surface area (Å²) in [5.41, 5.74) is 2.61. The number of methoxy groups -OCH3 is 2. The molecule has 0 saturated carbocycles. The van der Waals surface area contributed by atoms with Crippen LogP contribution in [0.5, 0.6) is 11.5 Å². The molecular formula is C21H26ClN3O3S. The van der Waals surface area contributed by atoms with Crippen LogP contribution in [-0.2, 0) is 0 Å². The summed E-state index contributed by atoms with van der Waals surface area (Å²) in [6.45, 7) is 3.32. The molecule has 1 aromatic heterocycles. The first-order chi connectivity index (χ1) is 13.4. The number of rotatable bonds is 7. The number of hydrogen-bond acceptors (Lipinski definition) is 6. The first-order valence-electron chi connectivity index (χ1n) is 8.98. The summed E-state index contributed by atoms with van der Waals surface area (Å²) in [5, 5.41) is 0.697. The van der Waals surface area contributed by atoms with Crippen molar-refractivity contribution in [1.82, 2.24) is 9.88 Å². The van der Waals surface area contributed by atoms with Gasteiger partial charge < -0.3 is 14.4 Å². The fraction of sp³-hybridized carbons (Fsp3) is 0.333. The molecule has 3 aromatic rings. The van der Waals surface area contributed by atoms with E-state index in [1.165, 1.54) is 16.9 Å². The van der Waals surface area contributed by atoms with Crippen LogP contribution in [0.1, 0.15) is 15.9 Å². The maximum absolute atomic E-state index is 13.3. The Morgan fingerprint density at radius 1 is 1.03 bits per heavy atom. The van der Waals surface area contributed by atoms with E-state index in [-0.39, 0.29) is 18.3 Å².